The van der Waals surface area contributed by atoms with Crippen molar-refractivity contribution in [3.05, 3.63) is 17.2 Å². The Kier molecular flexibility index (Phi) is 3.03. The summed E-state index contributed by atoms with van der Waals surface area (Å²) in [6.07, 6.45) is 6.84. The van der Waals surface area contributed by atoms with E-state index in [2.05, 4.69) is 17.2 Å². The first kappa shape index (κ1) is 11.0. The Bertz CT molecular complexity index is 336. The number of nitrogens with zero attached hydrogens (tertiary/aromatic N) is 2. The zero-order valence-electron chi connectivity index (χ0n) is 9.39. The summed E-state index contributed by atoms with van der Waals surface area (Å²) in [7, 11) is 1.95. The molecule has 0 aliphatic heterocycles. The Morgan fingerprint density at radius 2 is 2.33 bits per heavy atom. The highest BCUT2D eigenvalue weighted by Gasteiger charge is 2.34. The number of hydrogen-bond acceptors (Lipinski definition) is 2. The van der Waals surface area contributed by atoms with Crippen molar-refractivity contribution in [1.82, 2.24) is 14.9 Å². The summed E-state index contributed by atoms with van der Waals surface area (Å²) in [5, 5.41) is 4.31. The molecule has 0 amide bonds. The normalized spacial score (nSPS) is 18.9. The van der Waals surface area contributed by atoms with E-state index < -0.39 is 0 Å². The topological polar surface area (TPSA) is 29.9 Å². The minimum atomic E-state index is 0.373. The van der Waals surface area contributed by atoms with Gasteiger partial charge >= 0.3 is 0 Å². The van der Waals surface area contributed by atoms with Crippen molar-refractivity contribution in [2.45, 2.75) is 44.7 Å². The zero-order valence-corrected chi connectivity index (χ0v) is 10.1. The standard InChI is InChI=1S/C11H18ClN3/c1-3-11(5-4-6-11)14-8-10-13-7-9(12)15(10)2/h7,14H,3-6,8H2,1-2H3. The summed E-state index contributed by atoms with van der Waals surface area (Å²) in [5.41, 5.74) is 0.373. The fraction of sp³-hybridized carbons (Fsp3) is 0.727. The number of imidazole rings is 1. The molecule has 1 aliphatic rings. The van der Waals surface area contributed by atoms with Crippen LogP contribution in [0.5, 0.6) is 0 Å². The van der Waals surface area contributed by atoms with Crippen molar-refractivity contribution >= 4 is 11.6 Å². The fourth-order valence-electron chi connectivity index (χ4n) is 2.11. The molecule has 1 saturated carbocycles. The molecule has 0 bridgehead atoms. The van der Waals surface area contributed by atoms with Gasteiger partial charge in [0, 0.05) is 12.6 Å². The van der Waals surface area contributed by atoms with Gasteiger partial charge in [0.1, 0.15) is 11.0 Å². The summed E-state index contributed by atoms with van der Waals surface area (Å²) in [4.78, 5) is 4.28. The second kappa shape index (κ2) is 4.14. The van der Waals surface area contributed by atoms with E-state index in [9.17, 15) is 0 Å². The minimum absolute atomic E-state index is 0.373. The summed E-state index contributed by atoms with van der Waals surface area (Å²) in [5.74, 6) is 1.01. The lowest BCUT2D eigenvalue weighted by molar-refractivity contribution is 0.173. The van der Waals surface area contributed by atoms with E-state index in [0.29, 0.717) is 10.7 Å². The van der Waals surface area contributed by atoms with Crippen LogP contribution in [0.2, 0.25) is 5.15 Å². The lowest BCUT2D eigenvalue weighted by Crippen LogP contribution is -2.50. The third-order valence-electron chi connectivity index (χ3n) is 3.64. The van der Waals surface area contributed by atoms with E-state index in [-0.39, 0.29) is 0 Å². The minimum Gasteiger partial charge on any atom is -0.321 e. The molecule has 0 saturated heterocycles. The van der Waals surface area contributed by atoms with Crippen LogP contribution < -0.4 is 5.32 Å². The molecule has 0 atom stereocenters. The van der Waals surface area contributed by atoms with Crippen molar-refractivity contribution in [3.63, 3.8) is 0 Å². The molecule has 4 heteroatoms. The van der Waals surface area contributed by atoms with Gasteiger partial charge in [-0.15, -0.1) is 0 Å². The molecular weight excluding hydrogens is 210 g/mol. The van der Waals surface area contributed by atoms with Gasteiger partial charge in [0.15, 0.2) is 0 Å². The number of nitrogens with one attached hydrogen (secondary N) is 1. The second-order valence-corrected chi connectivity index (χ2v) is 4.78. The summed E-state index contributed by atoms with van der Waals surface area (Å²) >= 11 is 5.93. The molecule has 2 rings (SSSR count). The van der Waals surface area contributed by atoms with Crippen LogP contribution in [0.15, 0.2) is 6.20 Å². The number of halogens is 1. The Hall–Kier alpha value is -0.540. The molecule has 1 fully saturated rings. The smallest absolute Gasteiger partial charge is 0.128 e. The first-order chi connectivity index (χ1) is 7.17. The molecule has 1 N–H and O–H groups in total. The Labute approximate surface area is 95.8 Å². The monoisotopic (exact) mass is 227 g/mol. The van der Waals surface area contributed by atoms with Gasteiger partial charge in [0.2, 0.25) is 0 Å². The average Bonchev–Trinajstić information content (AvgIpc) is 2.48. The van der Waals surface area contributed by atoms with Crippen LogP contribution >= 0.6 is 11.6 Å². The maximum Gasteiger partial charge on any atom is 0.128 e. The predicted molar refractivity (Wildman–Crippen MR) is 61.9 cm³/mol. The van der Waals surface area contributed by atoms with E-state index in [1.807, 2.05) is 11.6 Å². The average molecular weight is 228 g/mol. The third kappa shape index (κ3) is 2.04. The SMILES string of the molecule is CCC1(NCc2ncc(Cl)n2C)CCC1. The van der Waals surface area contributed by atoms with Gasteiger partial charge in [-0.25, -0.2) is 4.98 Å². The van der Waals surface area contributed by atoms with E-state index in [0.717, 1.165) is 12.4 Å². The van der Waals surface area contributed by atoms with Crippen LogP contribution in [-0.2, 0) is 13.6 Å². The molecule has 0 radical (unpaired) electrons. The maximum absolute atomic E-state index is 5.93. The molecule has 1 aromatic heterocycles. The van der Waals surface area contributed by atoms with Crippen LogP contribution in [0, 0.1) is 0 Å². The number of hydrogen-bond donors (Lipinski definition) is 1. The van der Waals surface area contributed by atoms with Crippen LogP contribution in [0.1, 0.15) is 38.4 Å². The highest BCUT2D eigenvalue weighted by Crippen LogP contribution is 2.34. The summed E-state index contributed by atoms with van der Waals surface area (Å²) in [6, 6.07) is 0. The Morgan fingerprint density at radius 3 is 2.73 bits per heavy atom. The lowest BCUT2D eigenvalue weighted by Gasteiger charge is -2.42. The van der Waals surface area contributed by atoms with Crippen LogP contribution in [-0.4, -0.2) is 15.1 Å². The highest BCUT2D eigenvalue weighted by atomic mass is 35.5. The Balaban J connectivity index is 1.95. The molecule has 0 unspecified atom stereocenters. The van der Waals surface area contributed by atoms with Crippen molar-refractivity contribution in [2.24, 2.45) is 7.05 Å². The first-order valence-corrected chi connectivity index (χ1v) is 5.96. The summed E-state index contributed by atoms with van der Waals surface area (Å²) < 4.78 is 1.93. The zero-order chi connectivity index (χ0) is 10.9. The van der Waals surface area contributed by atoms with Crippen molar-refractivity contribution < 1.29 is 0 Å². The summed E-state index contributed by atoms with van der Waals surface area (Å²) in [6.45, 7) is 3.06. The van der Waals surface area contributed by atoms with Gasteiger partial charge in [0.05, 0.1) is 12.7 Å². The molecule has 0 spiro atoms. The van der Waals surface area contributed by atoms with E-state index in [1.54, 1.807) is 6.20 Å². The highest BCUT2D eigenvalue weighted by molar-refractivity contribution is 6.29. The van der Waals surface area contributed by atoms with Gasteiger partial charge in [-0.3, -0.25) is 0 Å². The number of aromatic nitrogens is 2. The fourth-order valence-corrected chi connectivity index (χ4v) is 2.26. The third-order valence-corrected chi connectivity index (χ3v) is 3.99. The van der Waals surface area contributed by atoms with Crippen LogP contribution in [0.25, 0.3) is 0 Å². The van der Waals surface area contributed by atoms with Crippen molar-refractivity contribution in [2.75, 3.05) is 0 Å². The van der Waals surface area contributed by atoms with Crippen LogP contribution in [0.3, 0.4) is 0 Å². The quantitative estimate of drug-likeness (QED) is 0.857. The van der Waals surface area contributed by atoms with Gasteiger partial charge in [-0.1, -0.05) is 18.5 Å². The molecule has 0 aromatic carbocycles. The molecule has 1 heterocycles. The molecular formula is C11H18ClN3. The van der Waals surface area contributed by atoms with Crippen LogP contribution in [0.4, 0.5) is 0 Å². The van der Waals surface area contributed by atoms with Gasteiger partial charge in [-0.2, -0.15) is 0 Å². The van der Waals surface area contributed by atoms with Crippen molar-refractivity contribution in [3.8, 4) is 0 Å². The predicted octanol–water partition coefficient (Wildman–Crippen LogP) is 2.50. The molecule has 1 aromatic rings. The largest absolute Gasteiger partial charge is 0.321 e. The molecule has 15 heavy (non-hydrogen) atoms. The van der Waals surface area contributed by atoms with Gasteiger partial charge in [0.25, 0.3) is 0 Å². The van der Waals surface area contributed by atoms with E-state index in [4.69, 9.17) is 11.6 Å². The first-order valence-electron chi connectivity index (χ1n) is 5.58. The van der Waals surface area contributed by atoms with E-state index >= 15 is 0 Å². The lowest BCUT2D eigenvalue weighted by atomic mass is 9.75. The van der Waals surface area contributed by atoms with E-state index in [1.165, 1.54) is 25.7 Å². The number of rotatable bonds is 4. The van der Waals surface area contributed by atoms with Gasteiger partial charge < -0.3 is 9.88 Å². The molecule has 1 aliphatic carbocycles. The second-order valence-electron chi connectivity index (χ2n) is 4.40. The Morgan fingerprint density at radius 1 is 1.60 bits per heavy atom. The molecule has 3 nitrogen and oxygen atoms in total. The maximum atomic E-state index is 5.93. The molecule has 84 valence electrons. The van der Waals surface area contributed by atoms with Crippen molar-refractivity contribution in [1.29, 1.82) is 0 Å². The van der Waals surface area contributed by atoms with Gasteiger partial charge in [-0.05, 0) is 25.7 Å².